The van der Waals surface area contributed by atoms with E-state index in [4.69, 9.17) is 4.74 Å². The molecular formula is C22H23N5O2. The predicted molar refractivity (Wildman–Crippen MR) is 110 cm³/mol. The monoisotopic (exact) mass is 389 g/mol. The van der Waals surface area contributed by atoms with E-state index in [1.54, 1.807) is 24.8 Å². The first-order chi connectivity index (χ1) is 14.3. The van der Waals surface area contributed by atoms with Crippen LogP contribution in [0.3, 0.4) is 0 Å². The third kappa shape index (κ3) is 4.87. The first kappa shape index (κ1) is 18.9. The van der Waals surface area contributed by atoms with Crippen LogP contribution in [0.2, 0.25) is 0 Å². The van der Waals surface area contributed by atoms with Crippen LogP contribution in [0.5, 0.6) is 11.6 Å². The van der Waals surface area contributed by atoms with Gasteiger partial charge in [-0.05, 0) is 36.6 Å². The van der Waals surface area contributed by atoms with Crippen LogP contribution in [-0.2, 0) is 11.3 Å². The number of benzene rings is 1. The Balaban J connectivity index is 1.42. The molecule has 0 spiro atoms. The van der Waals surface area contributed by atoms with Gasteiger partial charge in [0.15, 0.2) is 5.82 Å². The normalized spacial score (nSPS) is 16.3. The first-order valence-corrected chi connectivity index (χ1v) is 9.75. The fraction of sp³-hybridized carbons (Fsp3) is 0.273. The number of aromatic nitrogens is 3. The third-order valence-electron chi connectivity index (χ3n) is 4.89. The number of piperidine rings is 1. The average molecular weight is 389 g/mol. The molecule has 0 saturated carbocycles. The molecule has 7 nitrogen and oxygen atoms in total. The highest BCUT2D eigenvalue weighted by Crippen LogP contribution is 2.30. The molecule has 1 aliphatic rings. The molecule has 1 N–H and O–H groups in total. The summed E-state index contributed by atoms with van der Waals surface area (Å²) in [4.78, 5) is 27.7. The number of pyridine rings is 1. The number of nitrogens with zero attached hydrogens (tertiary/aromatic N) is 4. The Morgan fingerprint density at radius 1 is 1.10 bits per heavy atom. The molecule has 0 aliphatic carbocycles. The van der Waals surface area contributed by atoms with Crippen LogP contribution in [0.15, 0.2) is 67.3 Å². The second-order valence-corrected chi connectivity index (χ2v) is 6.96. The van der Waals surface area contributed by atoms with E-state index in [0.29, 0.717) is 30.5 Å². The molecule has 7 heteroatoms. The Kier molecular flexibility index (Phi) is 5.95. The van der Waals surface area contributed by atoms with Crippen molar-refractivity contribution in [1.82, 2.24) is 20.3 Å². The predicted octanol–water partition coefficient (Wildman–Crippen LogP) is 3.20. The summed E-state index contributed by atoms with van der Waals surface area (Å²) in [5.41, 5.74) is 0.987. The maximum absolute atomic E-state index is 12.7. The number of nitrogens with one attached hydrogen (secondary N) is 1. The lowest BCUT2D eigenvalue weighted by atomic mass is 9.97. The van der Waals surface area contributed by atoms with Crippen molar-refractivity contribution in [3.8, 4) is 11.6 Å². The molecule has 1 atom stereocenters. The summed E-state index contributed by atoms with van der Waals surface area (Å²) in [6, 6.07) is 13.3. The molecule has 1 aliphatic heterocycles. The van der Waals surface area contributed by atoms with E-state index in [1.807, 2.05) is 42.5 Å². The fourth-order valence-electron chi connectivity index (χ4n) is 3.43. The van der Waals surface area contributed by atoms with Crippen LogP contribution in [0.1, 0.15) is 18.4 Å². The number of para-hydroxylation sites is 1. The summed E-state index contributed by atoms with van der Waals surface area (Å²) >= 11 is 0. The van der Waals surface area contributed by atoms with E-state index in [-0.39, 0.29) is 11.8 Å². The number of anilines is 1. The Morgan fingerprint density at radius 3 is 2.79 bits per heavy atom. The van der Waals surface area contributed by atoms with E-state index in [2.05, 4.69) is 25.2 Å². The summed E-state index contributed by atoms with van der Waals surface area (Å²) < 4.78 is 5.94. The van der Waals surface area contributed by atoms with Crippen molar-refractivity contribution < 1.29 is 9.53 Å². The molecule has 3 heterocycles. The first-order valence-electron chi connectivity index (χ1n) is 9.75. The highest BCUT2D eigenvalue weighted by atomic mass is 16.5. The summed E-state index contributed by atoms with van der Waals surface area (Å²) in [6.45, 7) is 1.88. The zero-order chi connectivity index (χ0) is 19.9. The minimum atomic E-state index is -0.105. The highest BCUT2D eigenvalue weighted by Gasteiger charge is 2.28. The molecule has 4 rings (SSSR count). The van der Waals surface area contributed by atoms with Crippen LogP contribution >= 0.6 is 0 Å². The molecule has 0 radical (unpaired) electrons. The average Bonchev–Trinajstić information content (AvgIpc) is 2.79. The van der Waals surface area contributed by atoms with Crippen molar-refractivity contribution in [2.45, 2.75) is 19.4 Å². The molecule has 1 aromatic carbocycles. The third-order valence-corrected chi connectivity index (χ3v) is 4.89. The highest BCUT2D eigenvalue weighted by molar-refractivity contribution is 5.79. The second kappa shape index (κ2) is 9.14. The van der Waals surface area contributed by atoms with Crippen molar-refractivity contribution in [2.75, 3.05) is 18.0 Å². The van der Waals surface area contributed by atoms with Gasteiger partial charge in [-0.3, -0.25) is 9.78 Å². The molecular weight excluding hydrogens is 366 g/mol. The molecule has 1 amide bonds. The van der Waals surface area contributed by atoms with Gasteiger partial charge in [0.25, 0.3) is 5.88 Å². The Morgan fingerprint density at radius 2 is 1.97 bits per heavy atom. The van der Waals surface area contributed by atoms with Crippen molar-refractivity contribution >= 4 is 11.7 Å². The summed E-state index contributed by atoms with van der Waals surface area (Å²) in [6.07, 6.45) is 8.51. The number of ether oxygens (including phenoxy) is 1. The standard InChI is InChI=1S/C22H23N5O2/c28-21(26-15-17-6-4-10-23-14-17)18-7-5-13-27(16-18)20-22(25-12-11-24-20)29-19-8-2-1-3-9-19/h1-4,6,8-12,14,18H,5,7,13,15-16H2,(H,26,28). The van der Waals surface area contributed by atoms with Crippen molar-refractivity contribution in [3.05, 3.63) is 72.8 Å². The van der Waals surface area contributed by atoms with Crippen LogP contribution < -0.4 is 15.0 Å². The van der Waals surface area contributed by atoms with Crippen molar-refractivity contribution in [2.24, 2.45) is 5.92 Å². The SMILES string of the molecule is O=C(NCc1cccnc1)C1CCCN(c2nccnc2Oc2ccccc2)C1. The minimum Gasteiger partial charge on any atom is -0.436 e. The number of rotatable bonds is 6. The molecule has 3 aromatic rings. The Hall–Kier alpha value is -3.48. The van der Waals surface area contributed by atoms with E-state index >= 15 is 0 Å². The van der Waals surface area contributed by atoms with Gasteiger partial charge >= 0.3 is 0 Å². The molecule has 1 saturated heterocycles. The van der Waals surface area contributed by atoms with Crippen LogP contribution in [0.25, 0.3) is 0 Å². The smallest absolute Gasteiger partial charge is 0.263 e. The van der Waals surface area contributed by atoms with E-state index in [0.717, 1.165) is 24.9 Å². The molecule has 2 aromatic heterocycles. The zero-order valence-electron chi connectivity index (χ0n) is 16.1. The van der Waals surface area contributed by atoms with Crippen molar-refractivity contribution in [3.63, 3.8) is 0 Å². The Labute approximate surface area is 169 Å². The van der Waals surface area contributed by atoms with Gasteiger partial charge in [0.05, 0.1) is 5.92 Å². The number of carbonyl (C=O) groups is 1. The largest absolute Gasteiger partial charge is 0.436 e. The summed E-state index contributed by atoms with van der Waals surface area (Å²) in [5, 5.41) is 3.02. The van der Waals surface area contributed by atoms with E-state index in [9.17, 15) is 4.79 Å². The number of hydrogen-bond donors (Lipinski definition) is 1. The topological polar surface area (TPSA) is 80.2 Å². The zero-order valence-corrected chi connectivity index (χ0v) is 16.1. The molecule has 29 heavy (non-hydrogen) atoms. The lowest BCUT2D eigenvalue weighted by Gasteiger charge is -2.33. The summed E-state index contributed by atoms with van der Waals surface area (Å²) in [5.74, 6) is 1.77. The van der Waals surface area contributed by atoms with Gasteiger partial charge in [0, 0.05) is 44.4 Å². The molecule has 1 fully saturated rings. The summed E-state index contributed by atoms with van der Waals surface area (Å²) in [7, 11) is 0. The van der Waals surface area contributed by atoms with Gasteiger partial charge in [-0.1, -0.05) is 24.3 Å². The van der Waals surface area contributed by atoms with Crippen molar-refractivity contribution in [1.29, 1.82) is 0 Å². The van der Waals surface area contributed by atoms with Crippen LogP contribution in [0, 0.1) is 5.92 Å². The maximum Gasteiger partial charge on any atom is 0.263 e. The van der Waals surface area contributed by atoms with Gasteiger partial charge in [-0.25, -0.2) is 9.97 Å². The maximum atomic E-state index is 12.7. The van der Waals surface area contributed by atoms with Gasteiger partial charge < -0.3 is 15.0 Å². The lowest BCUT2D eigenvalue weighted by molar-refractivity contribution is -0.125. The van der Waals surface area contributed by atoms with Gasteiger partial charge in [0.1, 0.15) is 5.75 Å². The van der Waals surface area contributed by atoms with Gasteiger partial charge in [-0.2, -0.15) is 0 Å². The molecule has 0 bridgehead atoms. The van der Waals surface area contributed by atoms with E-state index in [1.165, 1.54) is 0 Å². The van der Waals surface area contributed by atoms with E-state index < -0.39 is 0 Å². The second-order valence-electron chi connectivity index (χ2n) is 6.96. The number of carbonyl (C=O) groups excluding carboxylic acids is 1. The molecule has 1 unspecified atom stereocenters. The van der Waals surface area contributed by atoms with Gasteiger partial charge in [0.2, 0.25) is 5.91 Å². The molecule has 148 valence electrons. The Bertz CT molecular complexity index is 936. The number of hydrogen-bond acceptors (Lipinski definition) is 6. The quantitative estimate of drug-likeness (QED) is 0.697. The number of amides is 1. The van der Waals surface area contributed by atoms with Gasteiger partial charge in [-0.15, -0.1) is 0 Å². The van der Waals surface area contributed by atoms with Crippen LogP contribution in [-0.4, -0.2) is 33.9 Å². The van der Waals surface area contributed by atoms with Crippen LogP contribution in [0.4, 0.5) is 5.82 Å². The minimum absolute atomic E-state index is 0.0490. The lowest BCUT2D eigenvalue weighted by Crippen LogP contribution is -2.43. The fourth-order valence-corrected chi connectivity index (χ4v) is 3.43.